The number of hydrogen-bond acceptors (Lipinski definition) is 5. The van der Waals surface area contributed by atoms with E-state index in [4.69, 9.17) is 0 Å². The van der Waals surface area contributed by atoms with E-state index in [-0.39, 0.29) is 17.3 Å². The second kappa shape index (κ2) is 5.45. The van der Waals surface area contributed by atoms with Gasteiger partial charge in [0.05, 0.1) is 0 Å². The number of aromatic amines is 1. The van der Waals surface area contributed by atoms with Crippen molar-refractivity contribution in [3.05, 3.63) is 57.7 Å². The van der Waals surface area contributed by atoms with Crippen molar-refractivity contribution in [1.29, 1.82) is 0 Å². The second-order valence-corrected chi connectivity index (χ2v) is 5.13. The molecule has 0 saturated heterocycles. The number of hydrogen-bond donors (Lipinski definition) is 2. The molecule has 0 aliphatic heterocycles. The van der Waals surface area contributed by atoms with Crippen molar-refractivity contribution in [3.8, 4) is 28.5 Å². The molecular formula is C14H9BrN4O2. The highest BCUT2D eigenvalue weighted by molar-refractivity contribution is 9.10. The molecule has 3 aromatic rings. The zero-order chi connectivity index (χ0) is 14.8. The topological polar surface area (TPSA) is 91.8 Å². The van der Waals surface area contributed by atoms with Gasteiger partial charge in [-0.25, -0.2) is 9.97 Å². The molecule has 0 spiro atoms. The molecule has 1 aromatic carbocycles. The van der Waals surface area contributed by atoms with Gasteiger partial charge in [-0.3, -0.25) is 4.79 Å². The largest absolute Gasteiger partial charge is 0.493 e. The predicted octanol–water partition coefficient (Wildman–Crippen LogP) is 2.36. The van der Waals surface area contributed by atoms with Crippen molar-refractivity contribution in [2.45, 2.75) is 0 Å². The lowest BCUT2D eigenvalue weighted by atomic mass is 10.1. The number of rotatable bonds is 2. The minimum atomic E-state index is -0.436. The van der Waals surface area contributed by atoms with E-state index in [1.54, 1.807) is 24.3 Å². The van der Waals surface area contributed by atoms with Crippen LogP contribution in [0.25, 0.3) is 22.6 Å². The van der Waals surface area contributed by atoms with Gasteiger partial charge in [0.1, 0.15) is 17.6 Å². The zero-order valence-electron chi connectivity index (χ0n) is 10.6. The van der Waals surface area contributed by atoms with Gasteiger partial charge in [0.25, 0.3) is 5.56 Å². The highest BCUT2D eigenvalue weighted by atomic mass is 79.9. The van der Waals surface area contributed by atoms with Gasteiger partial charge in [0.15, 0.2) is 5.82 Å². The molecule has 104 valence electrons. The molecule has 7 heteroatoms. The van der Waals surface area contributed by atoms with Crippen LogP contribution in [-0.4, -0.2) is 25.0 Å². The van der Waals surface area contributed by atoms with Crippen molar-refractivity contribution in [2.75, 3.05) is 0 Å². The number of benzene rings is 1. The van der Waals surface area contributed by atoms with Crippen LogP contribution in [-0.2, 0) is 0 Å². The normalized spacial score (nSPS) is 10.5. The fraction of sp³-hybridized carbons (Fsp3) is 0. The summed E-state index contributed by atoms with van der Waals surface area (Å²) in [5, 5.41) is 10.1. The van der Waals surface area contributed by atoms with E-state index >= 15 is 0 Å². The molecule has 0 radical (unpaired) electrons. The lowest BCUT2D eigenvalue weighted by molar-refractivity contribution is 0.454. The summed E-state index contributed by atoms with van der Waals surface area (Å²) in [7, 11) is 0. The standard InChI is InChI=1S/C14H9BrN4O2/c15-9-3-1-2-8(6-9)11-13(20)18-12(19-14(11)21)10-4-5-16-7-17-10/h1-7H,(H2,18,19,20,21). The minimum Gasteiger partial charge on any atom is -0.493 e. The van der Waals surface area contributed by atoms with Gasteiger partial charge < -0.3 is 10.1 Å². The highest BCUT2D eigenvalue weighted by Crippen LogP contribution is 2.27. The first-order valence-electron chi connectivity index (χ1n) is 6.01. The lowest BCUT2D eigenvalue weighted by Gasteiger charge is -2.06. The molecule has 6 nitrogen and oxygen atoms in total. The molecule has 2 N–H and O–H groups in total. The van der Waals surface area contributed by atoms with Crippen LogP contribution in [0.5, 0.6) is 5.88 Å². The molecule has 0 atom stereocenters. The third kappa shape index (κ3) is 2.68. The maximum Gasteiger partial charge on any atom is 0.262 e. The van der Waals surface area contributed by atoms with Gasteiger partial charge in [-0.1, -0.05) is 28.1 Å². The molecule has 3 rings (SSSR count). The minimum absolute atomic E-state index is 0.120. The van der Waals surface area contributed by atoms with Gasteiger partial charge in [0, 0.05) is 10.7 Å². The number of halogens is 1. The van der Waals surface area contributed by atoms with Gasteiger partial charge >= 0.3 is 0 Å². The van der Waals surface area contributed by atoms with Crippen LogP contribution in [0.4, 0.5) is 0 Å². The Labute approximate surface area is 127 Å². The molecule has 0 amide bonds. The summed E-state index contributed by atoms with van der Waals surface area (Å²) in [6.07, 6.45) is 2.87. The van der Waals surface area contributed by atoms with Crippen molar-refractivity contribution < 1.29 is 5.11 Å². The van der Waals surface area contributed by atoms with Crippen molar-refractivity contribution in [2.24, 2.45) is 0 Å². The maximum absolute atomic E-state index is 12.2. The molecule has 21 heavy (non-hydrogen) atoms. The van der Waals surface area contributed by atoms with Crippen LogP contribution < -0.4 is 5.56 Å². The third-order valence-corrected chi connectivity index (χ3v) is 3.33. The summed E-state index contributed by atoms with van der Waals surface area (Å²) in [6.45, 7) is 0. The lowest BCUT2D eigenvalue weighted by Crippen LogP contribution is -2.12. The first-order chi connectivity index (χ1) is 10.1. The molecule has 0 aliphatic carbocycles. The summed E-state index contributed by atoms with van der Waals surface area (Å²) >= 11 is 3.33. The van der Waals surface area contributed by atoms with Gasteiger partial charge in [0.2, 0.25) is 5.88 Å². The Balaban J connectivity index is 2.16. The maximum atomic E-state index is 12.2. The Morgan fingerprint density at radius 1 is 1.24 bits per heavy atom. The summed E-state index contributed by atoms with van der Waals surface area (Å²) in [6, 6.07) is 8.65. The third-order valence-electron chi connectivity index (χ3n) is 2.84. The van der Waals surface area contributed by atoms with Gasteiger partial charge in [-0.15, -0.1) is 0 Å². The van der Waals surface area contributed by atoms with Crippen LogP contribution >= 0.6 is 15.9 Å². The Bertz CT molecular complexity index is 849. The van der Waals surface area contributed by atoms with Crippen molar-refractivity contribution in [1.82, 2.24) is 19.9 Å². The van der Waals surface area contributed by atoms with E-state index in [2.05, 4.69) is 35.9 Å². The number of aromatic nitrogens is 4. The van der Waals surface area contributed by atoms with Crippen LogP contribution in [0.2, 0.25) is 0 Å². The van der Waals surface area contributed by atoms with E-state index in [9.17, 15) is 9.90 Å². The first-order valence-corrected chi connectivity index (χ1v) is 6.80. The van der Waals surface area contributed by atoms with Crippen molar-refractivity contribution in [3.63, 3.8) is 0 Å². The van der Waals surface area contributed by atoms with Crippen LogP contribution in [0.15, 0.2) is 52.1 Å². The van der Waals surface area contributed by atoms with Crippen LogP contribution in [0.3, 0.4) is 0 Å². The summed E-state index contributed by atoms with van der Waals surface area (Å²) in [5.41, 5.74) is 0.686. The van der Waals surface area contributed by atoms with E-state index in [0.717, 1.165) is 4.47 Å². The van der Waals surface area contributed by atoms with Crippen LogP contribution in [0.1, 0.15) is 0 Å². The molecule has 0 unspecified atom stereocenters. The number of H-pyrrole nitrogens is 1. The fourth-order valence-corrected chi connectivity index (χ4v) is 2.32. The summed E-state index contributed by atoms with van der Waals surface area (Å²) in [4.78, 5) is 26.6. The monoisotopic (exact) mass is 344 g/mol. The van der Waals surface area contributed by atoms with E-state index in [1.165, 1.54) is 12.5 Å². The van der Waals surface area contributed by atoms with E-state index < -0.39 is 5.56 Å². The van der Waals surface area contributed by atoms with Gasteiger partial charge in [-0.2, -0.15) is 4.98 Å². The molecule has 2 heterocycles. The Kier molecular flexibility index (Phi) is 3.49. The highest BCUT2D eigenvalue weighted by Gasteiger charge is 2.14. The number of nitrogens with zero attached hydrogens (tertiary/aromatic N) is 3. The summed E-state index contributed by atoms with van der Waals surface area (Å²) < 4.78 is 0.804. The molecule has 0 aliphatic rings. The van der Waals surface area contributed by atoms with E-state index in [1.807, 2.05) is 6.07 Å². The Hall–Kier alpha value is -2.54. The quantitative estimate of drug-likeness (QED) is 0.744. The first kappa shape index (κ1) is 13.4. The molecule has 0 bridgehead atoms. The zero-order valence-corrected chi connectivity index (χ0v) is 12.2. The Morgan fingerprint density at radius 3 is 2.76 bits per heavy atom. The average Bonchev–Trinajstić information content (AvgIpc) is 2.47. The predicted molar refractivity (Wildman–Crippen MR) is 80.7 cm³/mol. The number of aromatic hydroxyl groups is 1. The van der Waals surface area contributed by atoms with E-state index in [0.29, 0.717) is 11.3 Å². The van der Waals surface area contributed by atoms with Crippen LogP contribution in [0, 0.1) is 0 Å². The molecular weight excluding hydrogens is 336 g/mol. The smallest absolute Gasteiger partial charge is 0.262 e. The second-order valence-electron chi connectivity index (χ2n) is 4.22. The fourth-order valence-electron chi connectivity index (χ4n) is 1.92. The molecule has 0 saturated carbocycles. The SMILES string of the molecule is O=c1[nH]c(-c2ccncn2)nc(O)c1-c1cccc(Br)c1. The number of nitrogens with one attached hydrogen (secondary N) is 1. The summed E-state index contributed by atoms with van der Waals surface area (Å²) in [5.74, 6) is -0.149. The molecule has 0 fully saturated rings. The van der Waals surface area contributed by atoms with Crippen molar-refractivity contribution >= 4 is 15.9 Å². The molecule has 2 aromatic heterocycles. The average molecular weight is 345 g/mol. The van der Waals surface area contributed by atoms with Gasteiger partial charge in [-0.05, 0) is 23.8 Å². The Morgan fingerprint density at radius 2 is 2.10 bits per heavy atom.